The highest BCUT2D eigenvalue weighted by molar-refractivity contribution is 5.99. The average molecular weight is 459 g/mol. The molecule has 2 unspecified atom stereocenters. The first-order chi connectivity index (χ1) is 15.9. The molecule has 0 radical (unpaired) electrons. The largest absolute Gasteiger partial charge is 0.389 e. The second-order valence-corrected chi connectivity index (χ2v) is 11.4. The van der Waals surface area contributed by atoms with Gasteiger partial charge in [0.1, 0.15) is 0 Å². The lowest BCUT2D eigenvalue weighted by Gasteiger charge is -2.41. The first-order valence-electron chi connectivity index (χ1n) is 12.7. The number of carbonyl (C=O) groups excluding carboxylic acids is 1. The molecule has 1 aromatic carbocycles. The van der Waals surface area contributed by atoms with Crippen molar-refractivity contribution >= 4 is 5.78 Å². The van der Waals surface area contributed by atoms with Gasteiger partial charge < -0.3 is 5.11 Å². The van der Waals surface area contributed by atoms with Crippen LogP contribution in [0.3, 0.4) is 0 Å². The Bertz CT molecular complexity index is 1070. The Morgan fingerprint density at radius 1 is 1.09 bits per heavy atom. The summed E-state index contributed by atoms with van der Waals surface area (Å²) in [7, 11) is 0. The molecule has 0 saturated carbocycles. The molecular formula is C32H42O2. The number of aliphatic hydroxyl groups is 1. The van der Waals surface area contributed by atoms with Gasteiger partial charge in [0.15, 0.2) is 5.78 Å². The molecule has 2 aliphatic carbocycles. The second kappa shape index (κ2) is 10.4. The van der Waals surface area contributed by atoms with Crippen LogP contribution in [0.4, 0.5) is 0 Å². The number of rotatable bonds is 6. The predicted molar refractivity (Wildman–Crippen MR) is 144 cm³/mol. The molecule has 0 fully saturated rings. The van der Waals surface area contributed by atoms with E-state index in [-0.39, 0.29) is 22.5 Å². The number of hydrogen-bond acceptors (Lipinski definition) is 2. The Morgan fingerprint density at radius 2 is 1.79 bits per heavy atom. The van der Waals surface area contributed by atoms with Gasteiger partial charge in [0.05, 0.1) is 6.10 Å². The van der Waals surface area contributed by atoms with Crippen LogP contribution in [-0.2, 0) is 5.41 Å². The number of allylic oxidation sites excluding steroid dienone is 9. The minimum Gasteiger partial charge on any atom is -0.389 e. The highest BCUT2D eigenvalue weighted by atomic mass is 16.3. The highest BCUT2D eigenvalue weighted by Gasteiger charge is 2.42. The van der Waals surface area contributed by atoms with Crippen LogP contribution in [0.2, 0.25) is 0 Å². The molecule has 2 nitrogen and oxygen atoms in total. The zero-order valence-corrected chi connectivity index (χ0v) is 22.1. The molecular weight excluding hydrogens is 416 g/mol. The standard InChI is InChI=1S/C32H42O2/c1-22(17-18-26-24(3)14-11-19-31(26,4)5)12-10-13-23(2)20-30(34)28-21-29(33)25-15-8-9-16-27(25)32(28,6)7/h8-10,12-13,15-18,20,28,30,34H,11,14,19,21H2,1-7H3. The molecule has 34 heavy (non-hydrogen) atoms. The first kappa shape index (κ1) is 26.2. The predicted octanol–water partition coefficient (Wildman–Crippen LogP) is 8.06. The number of benzene rings is 1. The van der Waals surface area contributed by atoms with Gasteiger partial charge >= 0.3 is 0 Å². The van der Waals surface area contributed by atoms with E-state index in [4.69, 9.17) is 0 Å². The van der Waals surface area contributed by atoms with Crippen molar-refractivity contribution in [2.24, 2.45) is 11.3 Å². The quantitative estimate of drug-likeness (QED) is 0.438. The number of ketones is 1. The summed E-state index contributed by atoms with van der Waals surface area (Å²) in [5.41, 5.74) is 6.99. The van der Waals surface area contributed by atoms with Crippen LogP contribution in [-0.4, -0.2) is 17.0 Å². The molecule has 3 rings (SSSR count). The summed E-state index contributed by atoms with van der Waals surface area (Å²) in [4.78, 5) is 12.7. The molecule has 0 spiro atoms. The van der Waals surface area contributed by atoms with Crippen molar-refractivity contribution in [1.82, 2.24) is 0 Å². The molecule has 0 amide bonds. The minimum atomic E-state index is -0.676. The number of fused-ring (bicyclic) bond motifs is 1. The van der Waals surface area contributed by atoms with Crippen LogP contribution in [0.15, 0.2) is 83.0 Å². The summed E-state index contributed by atoms with van der Waals surface area (Å²) in [6, 6.07) is 7.82. The third kappa shape index (κ3) is 5.78. The smallest absolute Gasteiger partial charge is 0.163 e. The number of hydrogen-bond donors (Lipinski definition) is 1. The van der Waals surface area contributed by atoms with E-state index in [1.165, 1.54) is 36.0 Å². The fourth-order valence-electron chi connectivity index (χ4n) is 5.67. The lowest BCUT2D eigenvalue weighted by molar-refractivity contribution is 0.0691. The van der Waals surface area contributed by atoms with Crippen molar-refractivity contribution in [3.63, 3.8) is 0 Å². The van der Waals surface area contributed by atoms with E-state index in [0.29, 0.717) is 6.42 Å². The van der Waals surface area contributed by atoms with Gasteiger partial charge in [0.25, 0.3) is 0 Å². The van der Waals surface area contributed by atoms with E-state index in [1.807, 2.05) is 49.4 Å². The maximum atomic E-state index is 12.7. The second-order valence-electron chi connectivity index (χ2n) is 11.4. The van der Waals surface area contributed by atoms with Crippen LogP contribution in [0.1, 0.15) is 90.1 Å². The molecule has 0 saturated heterocycles. The van der Waals surface area contributed by atoms with Gasteiger partial charge in [-0.3, -0.25) is 4.79 Å². The molecule has 1 aromatic rings. The molecule has 2 atom stereocenters. The summed E-state index contributed by atoms with van der Waals surface area (Å²) in [6.07, 6.45) is 16.0. The summed E-state index contributed by atoms with van der Waals surface area (Å²) in [5.74, 6) is -0.0220. The van der Waals surface area contributed by atoms with Crippen LogP contribution >= 0.6 is 0 Å². The Labute approximate surface area is 206 Å². The summed E-state index contributed by atoms with van der Waals surface area (Å²) >= 11 is 0. The van der Waals surface area contributed by atoms with Crippen LogP contribution in [0.5, 0.6) is 0 Å². The average Bonchev–Trinajstić information content (AvgIpc) is 2.75. The fraction of sp³-hybridized carbons (Fsp3) is 0.469. The molecule has 2 aliphatic rings. The highest BCUT2D eigenvalue weighted by Crippen LogP contribution is 2.43. The van der Waals surface area contributed by atoms with E-state index < -0.39 is 6.10 Å². The molecule has 2 heteroatoms. The third-order valence-corrected chi connectivity index (χ3v) is 7.87. The maximum absolute atomic E-state index is 12.7. The van der Waals surface area contributed by atoms with Gasteiger partial charge in [-0.05, 0) is 62.0 Å². The van der Waals surface area contributed by atoms with E-state index in [1.54, 1.807) is 0 Å². The molecule has 182 valence electrons. The Kier molecular flexibility index (Phi) is 8.03. The van der Waals surface area contributed by atoms with Crippen molar-refractivity contribution in [2.75, 3.05) is 0 Å². The minimum absolute atomic E-state index is 0.123. The molecule has 0 heterocycles. The Hall–Kier alpha value is -2.45. The summed E-state index contributed by atoms with van der Waals surface area (Å²) < 4.78 is 0. The maximum Gasteiger partial charge on any atom is 0.163 e. The molecule has 0 aromatic heterocycles. The normalized spacial score (nSPS) is 24.1. The topological polar surface area (TPSA) is 37.3 Å². The van der Waals surface area contributed by atoms with Crippen LogP contribution in [0, 0.1) is 11.3 Å². The molecule has 0 bridgehead atoms. The van der Waals surface area contributed by atoms with Crippen molar-refractivity contribution in [3.05, 3.63) is 94.1 Å². The fourth-order valence-corrected chi connectivity index (χ4v) is 5.67. The van der Waals surface area contributed by atoms with Gasteiger partial charge in [-0.15, -0.1) is 0 Å². The SMILES string of the molecule is CC(C=CC1=C(C)CCCC1(C)C)=CC=CC(C)=CC(O)C1CC(=O)c2ccccc2C1(C)C. The van der Waals surface area contributed by atoms with Crippen molar-refractivity contribution < 1.29 is 9.90 Å². The van der Waals surface area contributed by atoms with Gasteiger partial charge in [-0.25, -0.2) is 0 Å². The lowest BCUT2D eigenvalue weighted by atomic mass is 9.63. The van der Waals surface area contributed by atoms with Crippen molar-refractivity contribution in [2.45, 2.75) is 85.7 Å². The van der Waals surface area contributed by atoms with Crippen molar-refractivity contribution in [3.8, 4) is 0 Å². The monoisotopic (exact) mass is 458 g/mol. The summed E-state index contributed by atoms with van der Waals surface area (Å²) in [6.45, 7) is 15.3. The van der Waals surface area contributed by atoms with Gasteiger partial charge in [0, 0.05) is 17.9 Å². The van der Waals surface area contributed by atoms with Crippen molar-refractivity contribution in [1.29, 1.82) is 0 Å². The van der Waals surface area contributed by atoms with E-state index >= 15 is 0 Å². The number of aliphatic hydroxyl groups excluding tert-OH is 1. The first-order valence-corrected chi connectivity index (χ1v) is 12.7. The van der Waals surface area contributed by atoms with Crippen LogP contribution in [0.25, 0.3) is 0 Å². The Morgan fingerprint density at radius 3 is 2.50 bits per heavy atom. The lowest BCUT2D eigenvalue weighted by Crippen LogP contribution is -2.42. The van der Waals surface area contributed by atoms with Gasteiger partial charge in [-0.2, -0.15) is 0 Å². The number of carbonyl (C=O) groups is 1. The summed E-state index contributed by atoms with van der Waals surface area (Å²) in [5, 5.41) is 11.0. The zero-order valence-electron chi connectivity index (χ0n) is 22.1. The van der Waals surface area contributed by atoms with Gasteiger partial charge in [0.2, 0.25) is 0 Å². The number of Topliss-reactive ketones (excluding diaryl/α,β-unsaturated/α-hetero) is 1. The van der Waals surface area contributed by atoms with Gasteiger partial charge in [-0.1, -0.05) is 105 Å². The van der Waals surface area contributed by atoms with E-state index in [9.17, 15) is 9.90 Å². The molecule has 0 aliphatic heterocycles. The zero-order chi connectivity index (χ0) is 25.1. The molecule has 1 N–H and O–H groups in total. The third-order valence-electron chi connectivity index (χ3n) is 7.87. The van der Waals surface area contributed by atoms with Crippen LogP contribution < -0.4 is 0 Å². The Balaban J connectivity index is 1.69. The van der Waals surface area contributed by atoms with E-state index in [2.05, 4.69) is 59.8 Å². The van der Waals surface area contributed by atoms with E-state index in [0.717, 1.165) is 16.7 Å².